The van der Waals surface area contributed by atoms with Crippen LogP contribution < -0.4 is 0 Å². The normalized spacial score (nSPS) is 16.1. The van der Waals surface area contributed by atoms with Crippen LogP contribution in [0.4, 0.5) is 0 Å². The lowest BCUT2D eigenvalue weighted by Gasteiger charge is -2.26. The van der Waals surface area contributed by atoms with Gasteiger partial charge >= 0.3 is 5.97 Å². The van der Waals surface area contributed by atoms with E-state index in [1.165, 1.54) is 7.11 Å². The van der Waals surface area contributed by atoms with Crippen molar-refractivity contribution in [3.05, 3.63) is 24.0 Å². The molecule has 0 aromatic carbocycles. The second-order valence-corrected chi connectivity index (χ2v) is 3.77. The number of rotatable bonds is 4. The van der Waals surface area contributed by atoms with Crippen molar-refractivity contribution in [3.8, 4) is 0 Å². The molecule has 0 unspecified atom stereocenters. The van der Waals surface area contributed by atoms with Gasteiger partial charge in [-0.05, 0) is 18.6 Å². The Balaban J connectivity index is 1.94. The molecule has 1 saturated heterocycles. The molecular formula is C11H15NO3. The maximum absolute atomic E-state index is 11.4. The minimum Gasteiger partial charge on any atom is -0.464 e. The number of esters is 1. The average Bonchev–Trinajstić information content (AvgIpc) is 2.62. The van der Waals surface area contributed by atoms with Crippen molar-refractivity contribution in [2.45, 2.75) is 13.0 Å². The zero-order chi connectivity index (χ0) is 10.7. The van der Waals surface area contributed by atoms with Gasteiger partial charge in [0.05, 0.1) is 20.3 Å². The van der Waals surface area contributed by atoms with Crippen LogP contribution in [0.15, 0.2) is 18.3 Å². The van der Waals surface area contributed by atoms with Crippen LogP contribution in [0, 0.1) is 5.92 Å². The van der Waals surface area contributed by atoms with Gasteiger partial charge in [0, 0.05) is 18.7 Å². The Labute approximate surface area is 88.8 Å². The van der Waals surface area contributed by atoms with Crippen LogP contribution in [0.3, 0.4) is 0 Å². The van der Waals surface area contributed by atoms with E-state index in [0.29, 0.717) is 11.6 Å². The maximum Gasteiger partial charge on any atom is 0.354 e. The van der Waals surface area contributed by atoms with Crippen LogP contribution in [0.1, 0.15) is 16.9 Å². The second kappa shape index (κ2) is 4.49. The molecule has 1 aromatic rings. The molecule has 4 heteroatoms. The van der Waals surface area contributed by atoms with Crippen molar-refractivity contribution in [1.82, 2.24) is 4.57 Å². The van der Waals surface area contributed by atoms with E-state index in [1.54, 1.807) is 6.07 Å². The molecule has 0 spiro atoms. The third-order valence-electron chi connectivity index (χ3n) is 2.71. The number of ether oxygens (including phenoxy) is 2. The number of hydrogen-bond acceptors (Lipinski definition) is 3. The summed E-state index contributed by atoms with van der Waals surface area (Å²) < 4.78 is 11.7. The summed E-state index contributed by atoms with van der Waals surface area (Å²) in [6.45, 7) is 2.56. The first kappa shape index (κ1) is 10.2. The first-order valence-corrected chi connectivity index (χ1v) is 5.12. The molecule has 4 nitrogen and oxygen atoms in total. The van der Waals surface area contributed by atoms with Crippen molar-refractivity contribution in [1.29, 1.82) is 0 Å². The van der Waals surface area contributed by atoms with Crippen molar-refractivity contribution in [2.24, 2.45) is 5.92 Å². The molecule has 1 aliphatic rings. The van der Waals surface area contributed by atoms with Gasteiger partial charge in [0.25, 0.3) is 0 Å². The Morgan fingerprint density at radius 1 is 1.67 bits per heavy atom. The molecule has 2 rings (SSSR count). The van der Waals surface area contributed by atoms with Crippen molar-refractivity contribution < 1.29 is 14.3 Å². The molecule has 0 amide bonds. The number of carbonyl (C=O) groups is 1. The fourth-order valence-corrected chi connectivity index (χ4v) is 1.67. The predicted octanol–water partition coefficient (Wildman–Crippen LogP) is 1.31. The molecule has 15 heavy (non-hydrogen) atoms. The first-order valence-electron chi connectivity index (χ1n) is 5.12. The smallest absolute Gasteiger partial charge is 0.354 e. The fourth-order valence-electron chi connectivity index (χ4n) is 1.67. The number of carbonyl (C=O) groups excluding carboxylic acids is 1. The first-order chi connectivity index (χ1) is 7.31. The Bertz CT molecular complexity index is 341. The van der Waals surface area contributed by atoms with Gasteiger partial charge in [-0.15, -0.1) is 0 Å². The van der Waals surface area contributed by atoms with Gasteiger partial charge in [-0.3, -0.25) is 0 Å². The zero-order valence-electron chi connectivity index (χ0n) is 8.81. The standard InChI is InChI=1S/C11H15NO3/c1-14-11(13)10-3-2-5-12(10)6-4-9-7-15-8-9/h2-3,5,9H,4,6-8H2,1H3. The number of nitrogens with zero attached hydrogens (tertiary/aromatic N) is 1. The van der Waals surface area contributed by atoms with E-state index >= 15 is 0 Å². The average molecular weight is 209 g/mol. The van der Waals surface area contributed by atoms with Crippen LogP contribution >= 0.6 is 0 Å². The van der Waals surface area contributed by atoms with E-state index in [-0.39, 0.29) is 5.97 Å². The third-order valence-corrected chi connectivity index (χ3v) is 2.71. The molecule has 0 N–H and O–H groups in total. The van der Waals surface area contributed by atoms with Crippen LogP contribution in [0.2, 0.25) is 0 Å². The third kappa shape index (κ3) is 2.21. The highest BCUT2D eigenvalue weighted by molar-refractivity contribution is 5.87. The quantitative estimate of drug-likeness (QED) is 0.702. The molecule has 0 atom stereocenters. The summed E-state index contributed by atoms with van der Waals surface area (Å²) in [5.41, 5.74) is 0.623. The van der Waals surface area contributed by atoms with Crippen molar-refractivity contribution in [3.63, 3.8) is 0 Å². The Morgan fingerprint density at radius 2 is 2.47 bits per heavy atom. The van der Waals surface area contributed by atoms with E-state index in [2.05, 4.69) is 0 Å². The minimum atomic E-state index is -0.273. The summed E-state index contributed by atoms with van der Waals surface area (Å²) in [5.74, 6) is 0.378. The van der Waals surface area contributed by atoms with Gasteiger partial charge < -0.3 is 14.0 Å². The largest absolute Gasteiger partial charge is 0.464 e. The molecule has 1 fully saturated rings. The van der Waals surface area contributed by atoms with E-state index in [0.717, 1.165) is 26.2 Å². The van der Waals surface area contributed by atoms with Gasteiger partial charge in [0.15, 0.2) is 0 Å². The molecular weight excluding hydrogens is 194 g/mol. The molecule has 0 radical (unpaired) electrons. The Hall–Kier alpha value is -1.29. The number of aromatic nitrogens is 1. The number of aryl methyl sites for hydroxylation is 1. The summed E-state index contributed by atoms with van der Waals surface area (Å²) in [5, 5.41) is 0. The molecule has 82 valence electrons. The topological polar surface area (TPSA) is 40.5 Å². The van der Waals surface area contributed by atoms with Crippen LogP contribution in [-0.4, -0.2) is 30.9 Å². The second-order valence-electron chi connectivity index (χ2n) is 3.77. The van der Waals surface area contributed by atoms with E-state index in [4.69, 9.17) is 9.47 Å². The molecule has 1 aromatic heterocycles. The van der Waals surface area contributed by atoms with Crippen molar-refractivity contribution in [2.75, 3.05) is 20.3 Å². The lowest BCUT2D eigenvalue weighted by Crippen LogP contribution is -2.28. The van der Waals surface area contributed by atoms with E-state index in [1.807, 2.05) is 16.8 Å². The van der Waals surface area contributed by atoms with Crippen molar-refractivity contribution >= 4 is 5.97 Å². The molecule has 0 bridgehead atoms. The summed E-state index contributed by atoms with van der Waals surface area (Å²) >= 11 is 0. The number of hydrogen-bond donors (Lipinski definition) is 0. The molecule has 2 heterocycles. The molecule has 0 saturated carbocycles. The lowest BCUT2D eigenvalue weighted by molar-refractivity contribution is -0.0372. The van der Waals surface area contributed by atoms with Gasteiger partial charge in [-0.2, -0.15) is 0 Å². The Morgan fingerprint density at radius 3 is 3.07 bits per heavy atom. The Kier molecular flexibility index (Phi) is 3.06. The summed E-state index contributed by atoms with van der Waals surface area (Å²) in [6, 6.07) is 3.65. The number of methoxy groups -OCH3 is 1. The highest BCUT2D eigenvalue weighted by atomic mass is 16.5. The van der Waals surface area contributed by atoms with Gasteiger partial charge in [-0.1, -0.05) is 0 Å². The van der Waals surface area contributed by atoms with Crippen LogP contribution in [0.5, 0.6) is 0 Å². The summed E-state index contributed by atoms with van der Waals surface area (Å²) in [6.07, 6.45) is 2.96. The lowest BCUT2D eigenvalue weighted by atomic mass is 10.0. The zero-order valence-corrected chi connectivity index (χ0v) is 8.81. The van der Waals surface area contributed by atoms with Crippen LogP contribution in [0.25, 0.3) is 0 Å². The highest BCUT2D eigenvalue weighted by Gasteiger charge is 2.19. The van der Waals surface area contributed by atoms with E-state index < -0.39 is 0 Å². The van der Waals surface area contributed by atoms with Gasteiger partial charge in [0.1, 0.15) is 5.69 Å². The highest BCUT2D eigenvalue weighted by Crippen LogP contribution is 2.16. The van der Waals surface area contributed by atoms with Gasteiger partial charge in [-0.25, -0.2) is 4.79 Å². The minimum absolute atomic E-state index is 0.273. The maximum atomic E-state index is 11.4. The van der Waals surface area contributed by atoms with Crippen LogP contribution in [-0.2, 0) is 16.0 Å². The summed E-state index contributed by atoms with van der Waals surface area (Å²) in [7, 11) is 1.40. The predicted molar refractivity (Wildman–Crippen MR) is 54.7 cm³/mol. The fraction of sp³-hybridized carbons (Fsp3) is 0.545. The SMILES string of the molecule is COC(=O)c1cccn1CCC1COC1. The monoisotopic (exact) mass is 209 g/mol. The summed E-state index contributed by atoms with van der Waals surface area (Å²) in [4.78, 5) is 11.4. The molecule has 1 aliphatic heterocycles. The van der Waals surface area contributed by atoms with Gasteiger partial charge in [0.2, 0.25) is 0 Å². The van der Waals surface area contributed by atoms with E-state index in [9.17, 15) is 4.79 Å². The molecule has 0 aliphatic carbocycles.